The summed E-state index contributed by atoms with van der Waals surface area (Å²) < 4.78 is 0. The van der Waals surface area contributed by atoms with Gasteiger partial charge in [0.15, 0.2) is 5.78 Å². The lowest BCUT2D eigenvalue weighted by Crippen LogP contribution is -2.25. The van der Waals surface area contributed by atoms with Crippen molar-refractivity contribution in [2.75, 3.05) is 18.0 Å². The van der Waals surface area contributed by atoms with Gasteiger partial charge in [-0.15, -0.1) is 0 Å². The second kappa shape index (κ2) is 10.00. The van der Waals surface area contributed by atoms with Crippen molar-refractivity contribution in [3.05, 3.63) is 65.7 Å². The van der Waals surface area contributed by atoms with Crippen molar-refractivity contribution in [2.24, 2.45) is 0 Å². The number of aliphatic hydroxyl groups is 1. The number of carbonyl (C=O) groups excluding carboxylic acids is 1. The van der Waals surface area contributed by atoms with E-state index in [-0.39, 0.29) is 5.78 Å². The van der Waals surface area contributed by atoms with Gasteiger partial charge < -0.3 is 10.0 Å². The van der Waals surface area contributed by atoms with E-state index >= 15 is 0 Å². The number of anilines is 1. The smallest absolute Gasteiger partial charge is 0.195 e. The van der Waals surface area contributed by atoms with Crippen LogP contribution in [0.4, 0.5) is 5.69 Å². The molecule has 25 heavy (non-hydrogen) atoms. The highest BCUT2D eigenvalue weighted by Gasteiger charge is 2.19. The molecule has 2 rings (SSSR count). The molecule has 0 aliphatic rings. The minimum absolute atomic E-state index is 0.258. The molecule has 0 bridgehead atoms. The summed E-state index contributed by atoms with van der Waals surface area (Å²) in [5, 5.41) is 10.3. The molecule has 2 aromatic rings. The number of hydrogen-bond donors (Lipinski definition) is 1. The van der Waals surface area contributed by atoms with Gasteiger partial charge in [0, 0.05) is 24.3 Å². The van der Waals surface area contributed by atoms with Crippen LogP contribution in [0.15, 0.2) is 54.6 Å². The second-order valence-electron chi connectivity index (χ2n) is 6.42. The molecule has 0 saturated heterocycles. The van der Waals surface area contributed by atoms with Gasteiger partial charge in [-0.3, -0.25) is 4.79 Å². The van der Waals surface area contributed by atoms with Gasteiger partial charge in [-0.1, -0.05) is 57.0 Å². The molecule has 1 unspecified atom stereocenters. The maximum atomic E-state index is 12.5. The molecule has 1 N–H and O–H groups in total. The van der Waals surface area contributed by atoms with Gasteiger partial charge in [0.1, 0.15) is 6.10 Å². The van der Waals surface area contributed by atoms with E-state index in [2.05, 4.69) is 18.7 Å². The topological polar surface area (TPSA) is 40.5 Å². The highest BCUT2D eigenvalue weighted by molar-refractivity contribution is 6.00. The summed E-state index contributed by atoms with van der Waals surface area (Å²) in [6.07, 6.45) is 3.56. The molecular weight excluding hydrogens is 310 g/mol. The maximum Gasteiger partial charge on any atom is 0.195 e. The first-order valence-electron chi connectivity index (χ1n) is 9.29. The van der Waals surface area contributed by atoms with E-state index in [4.69, 9.17) is 0 Å². The van der Waals surface area contributed by atoms with Gasteiger partial charge in [0.2, 0.25) is 0 Å². The van der Waals surface area contributed by atoms with E-state index in [0.29, 0.717) is 11.1 Å². The standard InChI is InChI=1S/C22H29NO2/c1-3-5-16-23(17-6-4-2)20-14-12-19(13-15-20)22(25)21(24)18-10-8-7-9-11-18/h7-15,21,24H,3-6,16-17H2,1-2H3. The van der Waals surface area contributed by atoms with Crippen LogP contribution < -0.4 is 4.90 Å². The van der Waals surface area contributed by atoms with Crippen LogP contribution in [0, 0.1) is 0 Å². The van der Waals surface area contributed by atoms with Crippen LogP contribution in [-0.4, -0.2) is 24.0 Å². The summed E-state index contributed by atoms with van der Waals surface area (Å²) >= 11 is 0. The van der Waals surface area contributed by atoms with Crippen molar-refractivity contribution in [1.29, 1.82) is 0 Å². The maximum absolute atomic E-state index is 12.5. The zero-order valence-electron chi connectivity index (χ0n) is 15.3. The number of hydrogen-bond acceptors (Lipinski definition) is 3. The fraction of sp³-hybridized carbons (Fsp3) is 0.409. The largest absolute Gasteiger partial charge is 0.380 e. The molecule has 0 spiro atoms. The van der Waals surface area contributed by atoms with Crippen LogP contribution in [0.2, 0.25) is 0 Å². The zero-order valence-corrected chi connectivity index (χ0v) is 15.3. The number of carbonyl (C=O) groups is 1. The number of benzene rings is 2. The zero-order chi connectivity index (χ0) is 18.1. The lowest BCUT2D eigenvalue weighted by atomic mass is 10.00. The summed E-state index contributed by atoms with van der Waals surface area (Å²) in [5.74, 6) is -0.258. The van der Waals surface area contributed by atoms with Crippen molar-refractivity contribution < 1.29 is 9.90 Å². The highest BCUT2D eigenvalue weighted by atomic mass is 16.3. The van der Waals surface area contributed by atoms with Gasteiger partial charge in [-0.2, -0.15) is 0 Å². The Labute approximate surface area is 151 Å². The molecule has 3 heteroatoms. The van der Waals surface area contributed by atoms with E-state index < -0.39 is 6.10 Å². The molecule has 0 heterocycles. The number of ketones is 1. The number of Topliss-reactive ketones (excluding diaryl/α,β-unsaturated/α-hetero) is 1. The normalized spacial score (nSPS) is 12.0. The van der Waals surface area contributed by atoms with Crippen LogP contribution >= 0.6 is 0 Å². The SMILES string of the molecule is CCCCN(CCCC)c1ccc(C(=O)C(O)c2ccccc2)cc1. The Morgan fingerprint density at radius 3 is 2.00 bits per heavy atom. The predicted octanol–water partition coefficient (Wildman–Crippen LogP) is 5.01. The Balaban J connectivity index is 2.10. The molecule has 0 saturated carbocycles. The number of nitrogens with zero attached hydrogens (tertiary/aromatic N) is 1. The van der Waals surface area contributed by atoms with Crippen LogP contribution in [0.3, 0.4) is 0 Å². The molecule has 3 nitrogen and oxygen atoms in total. The molecular formula is C22H29NO2. The van der Waals surface area contributed by atoms with Crippen LogP contribution in [0.5, 0.6) is 0 Å². The molecule has 0 aromatic heterocycles. The summed E-state index contributed by atoms with van der Waals surface area (Å²) in [7, 11) is 0. The lowest BCUT2D eigenvalue weighted by molar-refractivity contribution is 0.0747. The van der Waals surface area contributed by atoms with Crippen molar-refractivity contribution in [3.63, 3.8) is 0 Å². The van der Waals surface area contributed by atoms with Gasteiger partial charge in [0.25, 0.3) is 0 Å². The monoisotopic (exact) mass is 339 g/mol. The molecule has 0 fully saturated rings. The van der Waals surface area contributed by atoms with Gasteiger partial charge in [-0.05, 0) is 42.7 Å². The second-order valence-corrected chi connectivity index (χ2v) is 6.42. The third kappa shape index (κ3) is 5.43. The van der Waals surface area contributed by atoms with E-state index in [1.54, 1.807) is 12.1 Å². The van der Waals surface area contributed by atoms with E-state index in [1.807, 2.05) is 42.5 Å². The Kier molecular flexibility index (Phi) is 7.68. The van der Waals surface area contributed by atoms with E-state index in [0.717, 1.165) is 31.6 Å². The average Bonchev–Trinajstić information content (AvgIpc) is 2.68. The Bertz CT molecular complexity index is 629. The molecule has 134 valence electrons. The summed E-state index contributed by atoms with van der Waals surface area (Å²) in [6.45, 7) is 6.47. The minimum Gasteiger partial charge on any atom is -0.380 e. The lowest BCUT2D eigenvalue weighted by Gasteiger charge is -2.25. The minimum atomic E-state index is -1.11. The Morgan fingerprint density at radius 1 is 0.920 bits per heavy atom. The van der Waals surface area contributed by atoms with Crippen molar-refractivity contribution in [2.45, 2.75) is 45.6 Å². The number of rotatable bonds is 10. The first-order chi connectivity index (χ1) is 12.2. The summed E-state index contributed by atoms with van der Waals surface area (Å²) in [4.78, 5) is 14.9. The molecule has 1 atom stereocenters. The van der Waals surface area contributed by atoms with E-state index in [1.165, 1.54) is 12.8 Å². The number of aliphatic hydroxyl groups excluding tert-OH is 1. The quantitative estimate of drug-likeness (QED) is 0.619. The third-order valence-electron chi connectivity index (χ3n) is 4.44. The van der Waals surface area contributed by atoms with Crippen molar-refractivity contribution >= 4 is 11.5 Å². The fourth-order valence-electron chi connectivity index (χ4n) is 2.85. The summed E-state index contributed by atoms with van der Waals surface area (Å²) in [5.41, 5.74) is 2.32. The predicted molar refractivity (Wildman–Crippen MR) is 104 cm³/mol. The summed E-state index contributed by atoms with van der Waals surface area (Å²) in [6, 6.07) is 16.7. The van der Waals surface area contributed by atoms with Crippen LogP contribution in [0.1, 0.15) is 61.6 Å². The Hall–Kier alpha value is -2.13. The first-order valence-corrected chi connectivity index (χ1v) is 9.29. The molecule has 2 aromatic carbocycles. The number of unbranched alkanes of at least 4 members (excludes halogenated alkanes) is 2. The van der Waals surface area contributed by atoms with Gasteiger partial charge in [0.05, 0.1) is 0 Å². The van der Waals surface area contributed by atoms with Gasteiger partial charge in [-0.25, -0.2) is 0 Å². The Morgan fingerprint density at radius 2 is 1.48 bits per heavy atom. The van der Waals surface area contributed by atoms with Gasteiger partial charge >= 0.3 is 0 Å². The molecule has 0 aliphatic carbocycles. The average molecular weight is 339 g/mol. The molecule has 0 radical (unpaired) electrons. The molecule has 0 aliphatic heterocycles. The van der Waals surface area contributed by atoms with Crippen molar-refractivity contribution in [3.8, 4) is 0 Å². The van der Waals surface area contributed by atoms with Crippen LogP contribution in [-0.2, 0) is 0 Å². The van der Waals surface area contributed by atoms with E-state index in [9.17, 15) is 9.90 Å². The molecule has 0 amide bonds. The van der Waals surface area contributed by atoms with Crippen molar-refractivity contribution in [1.82, 2.24) is 0 Å². The first kappa shape index (κ1) is 19.2. The fourth-order valence-corrected chi connectivity index (χ4v) is 2.85. The van der Waals surface area contributed by atoms with Crippen LogP contribution in [0.25, 0.3) is 0 Å². The third-order valence-corrected chi connectivity index (χ3v) is 4.44. The highest BCUT2D eigenvalue weighted by Crippen LogP contribution is 2.22.